The predicted octanol–water partition coefficient (Wildman–Crippen LogP) is 2.39. The van der Waals surface area contributed by atoms with Gasteiger partial charge in [0, 0.05) is 18.7 Å². The Morgan fingerprint density at radius 2 is 2.20 bits per heavy atom. The number of hydrogen-bond acceptors (Lipinski definition) is 6. The van der Waals surface area contributed by atoms with Crippen LogP contribution in [0.25, 0.3) is 0 Å². The van der Waals surface area contributed by atoms with E-state index < -0.39 is 0 Å². The van der Waals surface area contributed by atoms with Gasteiger partial charge in [-0.2, -0.15) is 0 Å². The number of anilines is 1. The van der Waals surface area contributed by atoms with Crippen molar-refractivity contribution in [2.24, 2.45) is 5.92 Å². The van der Waals surface area contributed by atoms with Crippen molar-refractivity contribution in [1.82, 2.24) is 15.2 Å². The molecule has 0 radical (unpaired) electrons. The third-order valence-corrected chi connectivity index (χ3v) is 3.34. The molecule has 1 amide bonds. The van der Waals surface area contributed by atoms with Crippen LogP contribution < -0.4 is 10.1 Å². The minimum atomic E-state index is -0.257. The highest BCUT2D eigenvalue weighted by atomic mass is 32.1. The van der Waals surface area contributed by atoms with Crippen LogP contribution in [-0.2, 0) is 6.42 Å². The molecule has 20 heavy (non-hydrogen) atoms. The average molecular weight is 292 g/mol. The van der Waals surface area contributed by atoms with Gasteiger partial charge in [-0.15, -0.1) is 10.2 Å². The third-order valence-electron chi connectivity index (χ3n) is 2.48. The first kappa shape index (κ1) is 14.4. The molecule has 106 valence electrons. The van der Waals surface area contributed by atoms with Crippen LogP contribution in [-0.4, -0.2) is 28.2 Å². The molecule has 2 heterocycles. The maximum absolute atomic E-state index is 12.0. The second kappa shape index (κ2) is 6.42. The molecule has 6 nitrogen and oxygen atoms in total. The van der Waals surface area contributed by atoms with Crippen LogP contribution in [0.15, 0.2) is 18.3 Å². The number of ether oxygens (including phenoxy) is 1. The molecule has 2 aromatic rings. The summed E-state index contributed by atoms with van der Waals surface area (Å²) in [5.74, 6) is 0.723. The van der Waals surface area contributed by atoms with Crippen LogP contribution in [0, 0.1) is 5.92 Å². The van der Waals surface area contributed by atoms with E-state index in [1.54, 1.807) is 12.1 Å². The molecule has 0 saturated heterocycles. The fraction of sp³-hybridized carbons (Fsp3) is 0.385. The smallest absolute Gasteiger partial charge is 0.259 e. The van der Waals surface area contributed by atoms with Crippen LogP contribution in [0.5, 0.6) is 5.88 Å². The lowest BCUT2D eigenvalue weighted by atomic mass is 10.1. The monoisotopic (exact) mass is 292 g/mol. The lowest BCUT2D eigenvalue weighted by molar-refractivity contribution is 0.102. The summed E-state index contributed by atoms with van der Waals surface area (Å²) in [6, 6.07) is 3.29. The van der Waals surface area contributed by atoms with Gasteiger partial charge in [0.15, 0.2) is 0 Å². The van der Waals surface area contributed by atoms with Gasteiger partial charge in [0.25, 0.3) is 5.91 Å². The van der Waals surface area contributed by atoms with Crippen LogP contribution in [0.4, 0.5) is 5.13 Å². The number of carbonyl (C=O) groups excluding carboxylic acids is 1. The molecule has 0 spiro atoms. The van der Waals surface area contributed by atoms with Crippen molar-refractivity contribution in [3.05, 3.63) is 28.9 Å². The lowest BCUT2D eigenvalue weighted by Crippen LogP contribution is -2.12. The Bertz CT molecular complexity index is 580. The van der Waals surface area contributed by atoms with Crippen molar-refractivity contribution >= 4 is 22.4 Å². The number of nitrogens with one attached hydrogen (secondary N) is 1. The summed E-state index contributed by atoms with van der Waals surface area (Å²) >= 11 is 1.39. The second-order valence-corrected chi connectivity index (χ2v) is 5.70. The van der Waals surface area contributed by atoms with Crippen molar-refractivity contribution in [2.75, 3.05) is 12.4 Å². The summed E-state index contributed by atoms with van der Waals surface area (Å²) in [6.45, 7) is 4.23. The highest BCUT2D eigenvalue weighted by Gasteiger charge is 2.11. The van der Waals surface area contributed by atoms with Gasteiger partial charge in [-0.05, 0) is 12.0 Å². The van der Waals surface area contributed by atoms with Crippen LogP contribution in [0.3, 0.4) is 0 Å². The number of pyridine rings is 1. The molecule has 0 aliphatic heterocycles. The molecule has 0 aliphatic rings. The molecule has 0 aromatic carbocycles. The fourth-order valence-corrected chi connectivity index (χ4v) is 2.49. The van der Waals surface area contributed by atoms with E-state index in [1.165, 1.54) is 24.6 Å². The summed E-state index contributed by atoms with van der Waals surface area (Å²) in [5.41, 5.74) is 0.450. The van der Waals surface area contributed by atoms with Gasteiger partial charge in [0.05, 0.1) is 12.7 Å². The molecule has 0 unspecified atom stereocenters. The van der Waals surface area contributed by atoms with E-state index in [1.807, 2.05) is 0 Å². The Balaban J connectivity index is 2.01. The maximum atomic E-state index is 12.0. The normalized spacial score (nSPS) is 10.6. The number of carbonyl (C=O) groups is 1. The van der Waals surface area contributed by atoms with E-state index in [2.05, 4.69) is 34.3 Å². The second-order valence-electron chi connectivity index (χ2n) is 4.64. The number of amides is 1. The van der Waals surface area contributed by atoms with Gasteiger partial charge in [-0.3, -0.25) is 10.1 Å². The Hall–Kier alpha value is -2.02. The topological polar surface area (TPSA) is 77.0 Å². The molecule has 2 aromatic heterocycles. The van der Waals surface area contributed by atoms with Gasteiger partial charge in [-0.25, -0.2) is 4.98 Å². The molecule has 0 saturated carbocycles. The predicted molar refractivity (Wildman–Crippen MR) is 77.2 cm³/mol. The quantitative estimate of drug-likeness (QED) is 0.915. The van der Waals surface area contributed by atoms with E-state index in [-0.39, 0.29) is 5.91 Å². The molecular formula is C13H16N4O2S. The summed E-state index contributed by atoms with van der Waals surface area (Å²) in [6.07, 6.45) is 2.32. The zero-order chi connectivity index (χ0) is 14.5. The average Bonchev–Trinajstić information content (AvgIpc) is 2.85. The van der Waals surface area contributed by atoms with Gasteiger partial charge >= 0.3 is 0 Å². The zero-order valence-electron chi connectivity index (χ0n) is 11.6. The number of rotatable bonds is 5. The van der Waals surface area contributed by atoms with E-state index in [0.29, 0.717) is 22.5 Å². The fourth-order valence-electron chi connectivity index (χ4n) is 1.54. The standard InChI is InChI=1S/C13H16N4O2S/c1-8(2)6-11-16-17-13(20-11)15-12(18)9-4-5-10(19-3)14-7-9/h4-5,7-8H,6H2,1-3H3,(H,15,17,18). The van der Waals surface area contributed by atoms with Crippen molar-refractivity contribution in [2.45, 2.75) is 20.3 Å². The summed E-state index contributed by atoms with van der Waals surface area (Å²) in [5, 5.41) is 12.1. The molecule has 2 rings (SSSR count). The Labute approximate surface area is 121 Å². The number of aromatic nitrogens is 3. The lowest BCUT2D eigenvalue weighted by Gasteiger charge is -2.02. The van der Waals surface area contributed by atoms with Gasteiger partial charge in [0.1, 0.15) is 5.01 Å². The molecule has 7 heteroatoms. The molecule has 0 atom stereocenters. The van der Waals surface area contributed by atoms with E-state index >= 15 is 0 Å². The van der Waals surface area contributed by atoms with Crippen LogP contribution >= 0.6 is 11.3 Å². The van der Waals surface area contributed by atoms with Gasteiger partial charge < -0.3 is 4.74 Å². The van der Waals surface area contributed by atoms with E-state index in [4.69, 9.17) is 4.74 Å². The van der Waals surface area contributed by atoms with E-state index in [9.17, 15) is 4.79 Å². The first-order chi connectivity index (χ1) is 9.58. The van der Waals surface area contributed by atoms with Crippen molar-refractivity contribution in [1.29, 1.82) is 0 Å². The van der Waals surface area contributed by atoms with Gasteiger partial charge in [0.2, 0.25) is 11.0 Å². The van der Waals surface area contributed by atoms with Crippen molar-refractivity contribution < 1.29 is 9.53 Å². The summed E-state index contributed by atoms with van der Waals surface area (Å²) < 4.78 is 4.94. The van der Waals surface area contributed by atoms with Crippen molar-refractivity contribution in [3.63, 3.8) is 0 Å². The van der Waals surface area contributed by atoms with E-state index in [0.717, 1.165) is 11.4 Å². The molecule has 0 fully saturated rings. The minimum Gasteiger partial charge on any atom is -0.481 e. The Morgan fingerprint density at radius 3 is 2.80 bits per heavy atom. The SMILES string of the molecule is COc1ccc(C(=O)Nc2nnc(CC(C)C)s2)cn1. The van der Waals surface area contributed by atoms with Crippen LogP contribution in [0.2, 0.25) is 0 Å². The Kier molecular flexibility index (Phi) is 4.62. The van der Waals surface area contributed by atoms with Gasteiger partial charge in [-0.1, -0.05) is 25.2 Å². The number of nitrogens with zero attached hydrogens (tertiary/aromatic N) is 3. The highest BCUT2D eigenvalue weighted by Crippen LogP contribution is 2.19. The maximum Gasteiger partial charge on any atom is 0.259 e. The molecule has 0 aliphatic carbocycles. The van der Waals surface area contributed by atoms with Crippen LogP contribution in [0.1, 0.15) is 29.2 Å². The Morgan fingerprint density at radius 1 is 1.40 bits per heavy atom. The summed E-state index contributed by atoms with van der Waals surface area (Å²) in [7, 11) is 1.53. The third kappa shape index (κ3) is 3.74. The first-order valence-electron chi connectivity index (χ1n) is 6.22. The zero-order valence-corrected chi connectivity index (χ0v) is 12.4. The molecule has 0 bridgehead atoms. The molecular weight excluding hydrogens is 276 g/mol. The first-order valence-corrected chi connectivity index (χ1v) is 7.04. The summed E-state index contributed by atoms with van der Waals surface area (Å²) in [4.78, 5) is 16.0. The minimum absolute atomic E-state index is 0.257. The number of methoxy groups -OCH3 is 1. The molecule has 1 N–H and O–H groups in total. The highest BCUT2D eigenvalue weighted by molar-refractivity contribution is 7.15. The van der Waals surface area contributed by atoms with Crippen molar-refractivity contribution in [3.8, 4) is 5.88 Å². The largest absolute Gasteiger partial charge is 0.481 e. The number of hydrogen-bond donors (Lipinski definition) is 1.